The van der Waals surface area contributed by atoms with Crippen molar-refractivity contribution >= 4 is 15.7 Å². The Morgan fingerprint density at radius 1 is 0.900 bits per heavy atom. The van der Waals surface area contributed by atoms with Gasteiger partial charge >= 0.3 is 0 Å². The molecule has 0 heterocycles. The van der Waals surface area contributed by atoms with Crippen LogP contribution in [0.5, 0.6) is 11.5 Å². The minimum Gasteiger partial charge on any atom is -0.457 e. The van der Waals surface area contributed by atoms with Gasteiger partial charge < -0.3 is 10.1 Å². The minimum atomic E-state index is -3.37. The van der Waals surface area contributed by atoms with Crippen molar-refractivity contribution in [3.8, 4) is 11.5 Å². The van der Waals surface area contributed by atoms with Crippen molar-refractivity contribution in [2.75, 3.05) is 0 Å². The maximum Gasteiger partial charge on any atom is 0.251 e. The first-order valence-electron chi connectivity index (χ1n) is 9.40. The lowest BCUT2D eigenvalue weighted by Crippen LogP contribution is -2.23. The van der Waals surface area contributed by atoms with E-state index >= 15 is 0 Å². The van der Waals surface area contributed by atoms with Gasteiger partial charge in [0.05, 0.1) is 10.1 Å². The Morgan fingerprint density at radius 3 is 1.97 bits per heavy atom. The van der Waals surface area contributed by atoms with E-state index < -0.39 is 15.1 Å². The van der Waals surface area contributed by atoms with E-state index in [0.29, 0.717) is 23.6 Å². The average Bonchev–Trinajstić information content (AvgIpc) is 2.74. The number of hydrogen-bond acceptors (Lipinski definition) is 4. The molecule has 3 aromatic carbocycles. The van der Waals surface area contributed by atoms with Crippen molar-refractivity contribution in [2.45, 2.75) is 30.5 Å². The van der Waals surface area contributed by atoms with Crippen molar-refractivity contribution < 1.29 is 22.3 Å². The molecular formula is C23H22FNO4S. The van der Waals surface area contributed by atoms with Crippen molar-refractivity contribution in [3.63, 3.8) is 0 Å². The first-order chi connectivity index (χ1) is 14.3. The summed E-state index contributed by atoms with van der Waals surface area (Å²) in [5.74, 6) is 0.499. The Morgan fingerprint density at radius 2 is 1.43 bits per heavy atom. The summed E-state index contributed by atoms with van der Waals surface area (Å²) < 4.78 is 42.9. The van der Waals surface area contributed by atoms with Gasteiger partial charge in [0, 0.05) is 12.1 Å². The number of nitrogens with one attached hydrogen (secondary N) is 1. The Balaban J connectivity index is 1.57. The molecule has 0 spiro atoms. The topological polar surface area (TPSA) is 72.5 Å². The molecule has 5 nitrogen and oxygen atoms in total. The fourth-order valence-corrected chi connectivity index (χ4v) is 3.73. The fraction of sp³-hybridized carbons (Fsp3) is 0.174. The molecular weight excluding hydrogens is 405 g/mol. The number of halogens is 1. The summed E-state index contributed by atoms with van der Waals surface area (Å²) in [6.07, 6.45) is 0. The molecule has 156 valence electrons. The zero-order chi connectivity index (χ0) is 21.7. The summed E-state index contributed by atoms with van der Waals surface area (Å²) in [4.78, 5) is 12.5. The van der Waals surface area contributed by atoms with E-state index in [-0.39, 0.29) is 16.6 Å². The van der Waals surface area contributed by atoms with Gasteiger partial charge in [-0.05, 0) is 80.1 Å². The molecule has 0 saturated carbocycles. The predicted molar refractivity (Wildman–Crippen MR) is 113 cm³/mol. The summed E-state index contributed by atoms with van der Waals surface area (Å²) in [5, 5.41) is 2.28. The Hall–Kier alpha value is -3.19. The second kappa shape index (κ2) is 9.09. The van der Waals surface area contributed by atoms with Crippen molar-refractivity contribution in [3.05, 3.63) is 89.7 Å². The van der Waals surface area contributed by atoms with Gasteiger partial charge in [-0.1, -0.05) is 12.1 Å². The van der Waals surface area contributed by atoms with Crippen molar-refractivity contribution in [1.82, 2.24) is 5.32 Å². The largest absolute Gasteiger partial charge is 0.457 e. The Kier molecular flexibility index (Phi) is 6.52. The summed E-state index contributed by atoms with van der Waals surface area (Å²) in [6.45, 7) is 3.54. The first-order valence-corrected chi connectivity index (χ1v) is 10.9. The van der Waals surface area contributed by atoms with Crippen LogP contribution in [0.2, 0.25) is 0 Å². The van der Waals surface area contributed by atoms with Crippen LogP contribution >= 0.6 is 0 Å². The molecule has 0 aliphatic rings. The lowest BCUT2D eigenvalue weighted by molar-refractivity contribution is 0.0951. The second-order valence-electron chi connectivity index (χ2n) is 7.00. The molecule has 7 heteroatoms. The second-order valence-corrected chi connectivity index (χ2v) is 9.50. The monoisotopic (exact) mass is 427 g/mol. The molecule has 0 atom stereocenters. The summed E-state index contributed by atoms with van der Waals surface area (Å²) >= 11 is 0. The zero-order valence-corrected chi connectivity index (χ0v) is 17.4. The first kappa shape index (κ1) is 21.5. The lowest BCUT2D eigenvalue weighted by atomic mass is 10.2. The third-order valence-electron chi connectivity index (χ3n) is 4.49. The fourth-order valence-electron chi connectivity index (χ4n) is 2.67. The van der Waals surface area contributed by atoms with E-state index in [1.807, 2.05) is 12.1 Å². The number of rotatable bonds is 7. The van der Waals surface area contributed by atoms with Crippen LogP contribution in [0, 0.1) is 5.82 Å². The van der Waals surface area contributed by atoms with Crippen LogP contribution < -0.4 is 10.1 Å². The standard InChI is InChI=1S/C23H22FNO4S/c1-16(2)30(27,28)22-13-5-18(6-14-22)23(26)25-15-17-3-9-20(10-4-17)29-21-11-7-19(24)8-12-21/h3-14,16H,15H2,1-2H3,(H,25,26). The van der Waals surface area contributed by atoms with Crippen LogP contribution in [0.4, 0.5) is 4.39 Å². The van der Waals surface area contributed by atoms with Crippen LogP contribution in [-0.4, -0.2) is 19.6 Å². The number of benzene rings is 3. The van der Waals surface area contributed by atoms with E-state index in [1.165, 1.54) is 36.4 Å². The number of hydrogen-bond donors (Lipinski definition) is 1. The SMILES string of the molecule is CC(C)S(=O)(=O)c1ccc(C(=O)NCc2ccc(Oc3ccc(F)cc3)cc2)cc1. The molecule has 1 N–H and O–H groups in total. The minimum absolute atomic E-state index is 0.200. The molecule has 3 aromatic rings. The van der Waals surface area contributed by atoms with Crippen molar-refractivity contribution in [1.29, 1.82) is 0 Å². The third kappa shape index (κ3) is 5.24. The molecule has 0 aliphatic carbocycles. The van der Waals surface area contributed by atoms with Gasteiger partial charge in [-0.3, -0.25) is 4.79 Å². The molecule has 0 radical (unpaired) electrons. The zero-order valence-electron chi connectivity index (χ0n) is 16.6. The smallest absolute Gasteiger partial charge is 0.251 e. The number of amides is 1. The van der Waals surface area contributed by atoms with Crippen molar-refractivity contribution in [2.24, 2.45) is 0 Å². The predicted octanol–water partition coefficient (Wildman–Crippen LogP) is 4.73. The summed E-state index contributed by atoms with van der Waals surface area (Å²) in [7, 11) is -3.37. The van der Waals surface area contributed by atoms with Gasteiger partial charge in [0.2, 0.25) is 0 Å². The number of carbonyl (C=O) groups excluding carboxylic acids is 1. The molecule has 0 aromatic heterocycles. The molecule has 0 fully saturated rings. The van der Waals surface area contributed by atoms with E-state index in [1.54, 1.807) is 38.1 Å². The van der Waals surface area contributed by atoms with E-state index in [9.17, 15) is 17.6 Å². The third-order valence-corrected chi connectivity index (χ3v) is 6.66. The van der Waals surface area contributed by atoms with Gasteiger partial charge in [0.1, 0.15) is 17.3 Å². The van der Waals surface area contributed by atoms with Crippen LogP contribution in [0.3, 0.4) is 0 Å². The molecule has 1 amide bonds. The lowest BCUT2D eigenvalue weighted by Gasteiger charge is -2.10. The summed E-state index contributed by atoms with van der Waals surface area (Å²) in [6, 6.07) is 18.8. The van der Waals surface area contributed by atoms with Gasteiger partial charge in [0.15, 0.2) is 9.84 Å². The highest BCUT2D eigenvalue weighted by Gasteiger charge is 2.19. The highest BCUT2D eigenvalue weighted by molar-refractivity contribution is 7.92. The Labute approximate surface area is 175 Å². The van der Waals surface area contributed by atoms with Crippen LogP contribution in [0.25, 0.3) is 0 Å². The molecule has 0 saturated heterocycles. The van der Waals surface area contributed by atoms with Gasteiger partial charge in [0.25, 0.3) is 5.91 Å². The maximum atomic E-state index is 12.9. The normalized spacial score (nSPS) is 11.3. The number of sulfone groups is 1. The molecule has 30 heavy (non-hydrogen) atoms. The van der Waals surface area contributed by atoms with E-state index in [0.717, 1.165) is 5.56 Å². The van der Waals surface area contributed by atoms with Crippen LogP contribution in [0.1, 0.15) is 29.8 Å². The van der Waals surface area contributed by atoms with Crippen LogP contribution in [0.15, 0.2) is 77.7 Å². The van der Waals surface area contributed by atoms with Gasteiger partial charge in [-0.2, -0.15) is 0 Å². The maximum absolute atomic E-state index is 12.9. The molecule has 3 rings (SSSR count). The van der Waals surface area contributed by atoms with E-state index in [2.05, 4.69) is 5.32 Å². The highest BCUT2D eigenvalue weighted by Crippen LogP contribution is 2.22. The highest BCUT2D eigenvalue weighted by atomic mass is 32.2. The Bertz CT molecular complexity index is 1110. The van der Waals surface area contributed by atoms with E-state index in [4.69, 9.17) is 4.74 Å². The van der Waals surface area contributed by atoms with Crippen LogP contribution in [-0.2, 0) is 16.4 Å². The molecule has 0 aliphatic heterocycles. The number of ether oxygens (including phenoxy) is 1. The molecule has 0 unspecified atom stereocenters. The molecule has 0 bridgehead atoms. The van der Waals surface area contributed by atoms with Gasteiger partial charge in [-0.25, -0.2) is 12.8 Å². The summed E-state index contributed by atoms with van der Waals surface area (Å²) in [5.41, 5.74) is 1.25. The number of carbonyl (C=O) groups is 1. The quantitative estimate of drug-likeness (QED) is 0.592. The average molecular weight is 427 g/mol. The van der Waals surface area contributed by atoms with Gasteiger partial charge in [-0.15, -0.1) is 0 Å².